The van der Waals surface area contributed by atoms with Crippen molar-refractivity contribution in [3.05, 3.63) is 71.0 Å². The van der Waals surface area contributed by atoms with Gasteiger partial charge in [0.05, 0.1) is 6.42 Å². The Bertz CT molecular complexity index is 805. The molecule has 4 nitrogen and oxygen atoms in total. The van der Waals surface area contributed by atoms with E-state index in [-0.39, 0.29) is 36.6 Å². The summed E-state index contributed by atoms with van der Waals surface area (Å²) in [7, 11) is 0. The van der Waals surface area contributed by atoms with E-state index in [4.69, 9.17) is 0 Å². The Morgan fingerprint density at radius 1 is 1.07 bits per heavy atom. The van der Waals surface area contributed by atoms with Gasteiger partial charge in [0, 0.05) is 18.2 Å². The van der Waals surface area contributed by atoms with Gasteiger partial charge in [-0.2, -0.15) is 0 Å². The summed E-state index contributed by atoms with van der Waals surface area (Å²) in [5, 5.41) is 2.91. The van der Waals surface area contributed by atoms with Crippen molar-refractivity contribution < 1.29 is 14.0 Å². The van der Waals surface area contributed by atoms with Gasteiger partial charge in [0.15, 0.2) is 0 Å². The Balaban J connectivity index is 2.23. The molecule has 0 bridgehead atoms. The van der Waals surface area contributed by atoms with Crippen LogP contribution in [0.4, 0.5) is 4.39 Å². The van der Waals surface area contributed by atoms with E-state index in [0.717, 1.165) is 17.5 Å². The van der Waals surface area contributed by atoms with E-state index < -0.39 is 6.04 Å². The molecule has 0 radical (unpaired) electrons. The SMILES string of the molecule is CC[C@H](C)NC(=O)[C@@H](C)N(Cc1ccccc1F)C(=O)Cc1ccc(C)cc1. The molecule has 2 rings (SSSR count). The van der Waals surface area contributed by atoms with E-state index in [1.807, 2.05) is 45.0 Å². The number of hydrogen-bond donors (Lipinski definition) is 1. The van der Waals surface area contributed by atoms with Gasteiger partial charge in [-0.05, 0) is 38.8 Å². The molecule has 5 heteroatoms. The van der Waals surface area contributed by atoms with Crippen LogP contribution in [0, 0.1) is 12.7 Å². The fourth-order valence-electron chi connectivity index (χ4n) is 2.84. The van der Waals surface area contributed by atoms with Crippen LogP contribution in [0.15, 0.2) is 48.5 Å². The number of halogens is 1. The second-order valence-corrected chi connectivity index (χ2v) is 7.27. The number of carbonyl (C=O) groups is 2. The van der Waals surface area contributed by atoms with E-state index in [1.165, 1.54) is 11.0 Å². The quantitative estimate of drug-likeness (QED) is 0.748. The van der Waals surface area contributed by atoms with Crippen LogP contribution in [-0.4, -0.2) is 28.8 Å². The van der Waals surface area contributed by atoms with E-state index >= 15 is 0 Å². The number of rotatable bonds is 8. The summed E-state index contributed by atoms with van der Waals surface area (Å²) < 4.78 is 14.2. The molecule has 0 unspecified atom stereocenters. The molecule has 0 saturated heterocycles. The summed E-state index contributed by atoms with van der Waals surface area (Å²) in [5.41, 5.74) is 2.37. The standard InChI is InChI=1S/C23H29FN2O2/c1-5-17(3)25-23(28)18(4)26(15-20-8-6-7-9-21(20)24)22(27)14-19-12-10-16(2)11-13-19/h6-13,17-18H,5,14-15H2,1-4H3,(H,25,28)/t17-,18+/m0/s1. The summed E-state index contributed by atoms with van der Waals surface area (Å²) in [6, 6.07) is 13.3. The number of hydrogen-bond acceptors (Lipinski definition) is 2. The van der Waals surface area contributed by atoms with Gasteiger partial charge in [0.25, 0.3) is 0 Å². The van der Waals surface area contributed by atoms with Crippen LogP contribution in [0.5, 0.6) is 0 Å². The minimum atomic E-state index is -0.702. The highest BCUT2D eigenvalue weighted by molar-refractivity contribution is 5.88. The average Bonchev–Trinajstić information content (AvgIpc) is 2.68. The summed E-state index contributed by atoms with van der Waals surface area (Å²) in [6.45, 7) is 7.62. The normalized spacial score (nSPS) is 12.9. The predicted octanol–water partition coefficient (Wildman–Crippen LogP) is 4.01. The predicted molar refractivity (Wildman–Crippen MR) is 109 cm³/mol. The second kappa shape index (κ2) is 10.0. The number of aryl methyl sites for hydroxylation is 1. The number of carbonyl (C=O) groups excluding carboxylic acids is 2. The Morgan fingerprint density at radius 2 is 1.71 bits per heavy atom. The zero-order valence-electron chi connectivity index (χ0n) is 17.0. The third kappa shape index (κ3) is 5.91. The first-order valence-electron chi connectivity index (χ1n) is 9.70. The van der Waals surface area contributed by atoms with Crippen molar-refractivity contribution in [2.24, 2.45) is 0 Å². The smallest absolute Gasteiger partial charge is 0.242 e. The molecule has 2 aromatic rings. The molecule has 28 heavy (non-hydrogen) atoms. The van der Waals surface area contributed by atoms with E-state index in [1.54, 1.807) is 25.1 Å². The Labute approximate surface area is 166 Å². The highest BCUT2D eigenvalue weighted by Crippen LogP contribution is 2.15. The Morgan fingerprint density at radius 3 is 2.32 bits per heavy atom. The van der Waals surface area contributed by atoms with Crippen molar-refractivity contribution in [2.45, 2.75) is 59.2 Å². The van der Waals surface area contributed by atoms with Crippen LogP contribution in [0.25, 0.3) is 0 Å². The van der Waals surface area contributed by atoms with E-state index in [9.17, 15) is 14.0 Å². The lowest BCUT2D eigenvalue weighted by Gasteiger charge is -2.30. The summed E-state index contributed by atoms with van der Waals surface area (Å²) >= 11 is 0. The van der Waals surface area contributed by atoms with Crippen molar-refractivity contribution in [3.8, 4) is 0 Å². The number of amides is 2. The first-order chi connectivity index (χ1) is 13.3. The van der Waals surface area contributed by atoms with Crippen LogP contribution in [0.1, 0.15) is 43.9 Å². The molecule has 150 valence electrons. The van der Waals surface area contributed by atoms with Crippen LogP contribution < -0.4 is 5.32 Å². The minimum Gasteiger partial charge on any atom is -0.352 e. The highest BCUT2D eigenvalue weighted by Gasteiger charge is 2.27. The molecule has 0 aliphatic carbocycles. The zero-order valence-corrected chi connectivity index (χ0v) is 17.0. The molecule has 0 spiro atoms. The van der Waals surface area contributed by atoms with Gasteiger partial charge in [-0.3, -0.25) is 9.59 Å². The molecule has 0 saturated carbocycles. The first-order valence-corrected chi connectivity index (χ1v) is 9.70. The second-order valence-electron chi connectivity index (χ2n) is 7.27. The largest absolute Gasteiger partial charge is 0.352 e. The van der Waals surface area contributed by atoms with Gasteiger partial charge in [0.2, 0.25) is 11.8 Å². The summed E-state index contributed by atoms with van der Waals surface area (Å²) in [6.07, 6.45) is 0.957. The molecule has 0 heterocycles. The lowest BCUT2D eigenvalue weighted by Crippen LogP contribution is -2.50. The number of nitrogens with one attached hydrogen (secondary N) is 1. The van der Waals surface area contributed by atoms with Crippen LogP contribution in [-0.2, 0) is 22.6 Å². The van der Waals surface area contributed by atoms with Crippen LogP contribution in [0.2, 0.25) is 0 Å². The Kier molecular flexibility index (Phi) is 7.73. The third-order valence-corrected chi connectivity index (χ3v) is 4.94. The van der Waals surface area contributed by atoms with Crippen molar-refractivity contribution in [1.29, 1.82) is 0 Å². The van der Waals surface area contributed by atoms with Crippen LogP contribution in [0.3, 0.4) is 0 Å². The molecule has 0 aliphatic heterocycles. The maximum Gasteiger partial charge on any atom is 0.242 e. The molecule has 1 N–H and O–H groups in total. The number of nitrogens with zero attached hydrogens (tertiary/aromatic N) is 1. The maximum absolute atomic E-state index is 14.2. The zero-order chi connectivity index (χ0) is 20.7. The van der Waals surface area contributed by atoms with Gasteiger partial charge in [-0.15, -0.1) is 0 Å². The van der Waals surface area contributed by atoms with Crippen molar-refractivity contribution in [2.75, 3.05) is 0 Å². The maximum atomic E-state index is 14.2. The first kappa shape index (κ1) is 21.6. The lowest BCUT2D eigenvalue weighted by molar-refractivity contribution is -0.140. The molecule has 2 amide bonds. The van der Waals surface area contributed by atoms with Gasteiger partial charge in [-0.25, -0.2) is 4.39 Å². The van der Waals surface area contributed by atoms with Gasteiger partial charge in [0.1, 0.15) is 11.9 Å². The molecule has 0 aromatic heterocycles. The molecular formula is C23H29FN2O2. The monoisotopic (exact) mass is 384 g/mol. The summed E-state index contributed by atoms with van der Waals surface area (Å²) in [5.74, 6) is -0.827. The highest BCUT2D eigenvalue weighted by atomic mass is 19.1. The van der Waals surface area contributed by atoms with Crippen molar-refractivity contribution in [3.63, 3.8) is 0 Å². The van der Waals surface area contributed by atoms with Gasteiger partial charge >= 0.3 is 0 Å². The molecule has 0 aliphatic rings. The molecule has 0 fully saturated rings. The minimum absolute atomic E-state index is 0.0115. The van der Waals surface area contributed by atoms with Gasteiger partial charge in [-0.1, -0.05) is 55.0 Å². The lowest BCUT2D eigenvalue weighted by atomic mass is 10.1. The van der Waals surface area contributed by atoms with Crippen LogP contribution >= 0.6 is 0 Å². The number of benzene rings is 2. The fraction of sp³-hybridized carbons (Fsp3) is 0.391. The molecule has 2 atom stereocenters. The Hall–Kier alpha value is -2.69. The van der Waals surface area contributed by atoms with Crippen molar-refractivity contribution >= 4 is 11.8 Å². The third-order valence-electron chi connectivity index (χ3n) is 4.94. The fourth-order valence-corrected chi connectivity index (χ4v) is 2.84. The van der Waals surface area contributed by atoms with E-state index in [2.05, 4.69) is 5.32 Å². The molecular weight excluding hydrogens is 355 g/mol. The summed E-state index contributed by atoms with van der Waals surface area (Å²) in [4.78, 5) is 27.1. The molecule has 2 aromatic carbocycles. The topological polar surface area (TPSA) is 49.4 Å². The van der Waals surface area contributed by atoms with Crippen molar-refractivity contribution in [1.82, 2.24) is 10.2 Å². The van der Waals surface area contributed by atoms with E-state index in [0.29, 0.717) is 5.56 Å². The van der Waals surface area contributed by atoms with Gasteiger partial charge < -0.3 is 10.2 Å². The average molecular weight is 384 g/mol.